The highest BCUT2D eigenvalue weighted by atomic mass is 32.2. The highest BCUT2D eigenvalue weighted by Crippen LogP contribution is 2.23. The average Bonchev–Trinajstić information content (AvgIpc) is 2.13. The van der Waals surface area contributed by atoms with E-state index in [1.54, 1.807) is 0 Å². The first kappa shape index (κ1) is 13.4. The van der Waals surface area contributed by atoms with Crippen LogP contribution in [0.25, 0.3) is 0 Å². The van der Waals surface area contributed by atoms with E-state index < -0.39 is 22.0 Å². The summed E-state index contributed by atoms with van der Waals surface area (Å²) in [7, 11) is -3.24. The minimum Gasteiger partial charge on any atom is -0.481 e. The number of sulfonamides is 1. The molecule has 5 nitrogen and oxygen atoms in total. The molecule has 1 rings (SSSR count). The second-order valence-corrected chi connectivity index (χ2v) is 6.58. The van der Waals surface area contributed by atoms with Gasteiger partial charge in [0.1, 0.15) is 0 Å². The lowest BCUT2D eigenvalue weighted by Crippen LogP contribution is -2.48. The number of hydrogen-bond acceptors (Lipinski definition) is 3. The first-order chi connectivity index (χ1) is 7.34. The number of rotatable bonds is 4. The molecule has 0 aromatic heterocycles. The van der Waals surface area contributed by atoms with Crippen molar-refractivity contribution in [2.75, 3.05) is 12.3 Å². The molecule has 1 saturated heterocycles. The van der Waals surface area contributed by atoms with E-state index >= 15 is 0 Å². The third kappa shape index (κ3) is 3.18. The maximum absolute atomic E-state index is 11.8. The van der Waals surface area contributed by atoms with Crippen molar-refractivity contribution in [2.45, 2.75) is 39.2 Å². The first-order valence-electron chi connectivity index (χ1n) is 5.56. The molecule has 0 saturated carbocycles. The van der Waals surface area contributed by atoms with E-state index in [1.165, 1.54) is 4.31 Å². The molecule has 1 N–H and O–H groups in total. The number of carboxylic acids is 1. The Morgan fingerprint density at radius 3 is 2.44 bits per heavy atom. The Bertz CT molecular complexity index is 350. The molecule has 16 heavy (non-hydrogen) atoms. The van der Waals surface area contributed by atoms with Gasteiger partial charge < -0.3 is 5.11 Å². The minimum atomic E-state index is -3.24. The summed E-state index contributed by atoms with van der Waals surface area (Å²) in [5, 5.41) is 8.81. The Morgan fingerprint density at radius 1 is 1.38 bits per heavy atom. The van der Waals surface area contributed by atoms with Crippen molar-refractivity contribution in [3.05, 3.63) is 0 Å². The smallest absolute Gasteiger partial charge is 0.304 e. The van der Waals surface area contributed by atoms with Crippen LogP contribution in [0.5, 0.6) is 0 Å². The van der Waals surface area contributed by atoms with E-state index in [4.69, 9.17) is 5.11 Å². The van der Waals surface area contributed by atoms with Crippen LogP contribution in [-0.4, -0.2) is 42.1 Å². The van der Waals surface area contributed by atoms with E-state index in [2.05, 4.69) is 0 Å². The molecule has 1 fully saturated rings. The van der Waals surface area contributed by atoms with Gasteiger partial charge in [-0.1, -0.05) is 13.8 Å². The van der Waals surface area contributed by atoms with Gasteiger partial charge in [-0.05, 0) is 18.8 Å². The first-order valence-corrected chi connectivity index (χ1v) is 7.17. The predicted octanol–water partition coefficient (Wildman–Crippen LogP) is 0.911. The van der Waals surface area contributed by atoms with Crippen LogP contribution in [0.2, 0.25) is 0 Å². The van der Waals surface area contributed by atoms with Crippen LogP contribution in [0.1, 0.15) is 33.1 Å². The molecule has 94 valence electrons. The predicted molar refractivity (Wildman–Crippen MR) is 60.6 cm³/mol. The zero-order valence-corrected chi connectivity index (χ0v) is 10.5. The number of aliphatic carboxylic acids is 1. The summed E-state index contributed by atoms with van der Waals surface area (Å²) in [6, 6.07) is -0.414. The van der Waals surface area contributed by atoms with Gasteiger partial charge in [0.25, 0.3) is 0 Å². The molecule has 1 heterocycles. The molecular formula is C10H19NO4S. The molecular weight excluding hydrogens is 230 g/mol. The molecule has 0 aromatic rings. The van der Waals surface area contributed by atoms with Gasteiger partial charge in [0.05, 0.1) is 12.2 Å². The Hall–Kier alpha value is -0.620. The Labute approximate surface area is 96.5 Å². The SMILES string of the molecule is CC(C)C(CC(=O)O)N1CCCCS1(=O)=O. The van der Waals surface area contributed by atoms with Crippen molar-refractivity contribution in [3.8, 4) is 0 Å². The van der Waals surface area contributed by atoms with Crippen molar-refractivity contribution in [2.24, 2.45) is 5.92 Å². The lowest BCUT2D eigenvalue weighted by atomic mass is 10.0. The van der Waals surface area contributed by atoms with Crippen LogP contribution in [-0.2, 0) is 14.8 Å². The number of nitrogens with zero attached hydrogens (tertiary/aromatic N) is 1. The van der Waals surface area contributed by atoms with E-state index in [0.717, 1.165) is 6.42 Å². The van der Waals surface area contributed by atoms with E-state index in [1.807, 2.05) is 13.8 Å². The zero-order valence-electron chi connectivity index (χ0n) is 9.72. The van der Waals surface area contributed by atoms with Crippen LogP contribution in [0.3, 0.4) is 0 Å². The summed E-state index contributed by atoms with van der Waals surface area (Å²) >= 11 is 0. The van der Waals surface area contributed by atoms with Gasteiger partial charge in [0.2, 0.25) is 10.0 Å². The fraction of sp³-hybridized carbons (Fsp3) is 0.900. The molecule has 0 aliphatic carbocycles. The molecule has 0 radical (unpaired) electrons. The van der Waals surface area contributed by atoms with Crippen molar-refractivity contribution in [1.29, 1.82) is 0 Å². The minimum absolute atomic E-state index is 0.0176. The summed E-state index contributed by atoms with van der Waals surface area (Å²) in [5.41, 5.74) is 0. The van der Waals surface area contributed by atoms with Crippen LogP contribution in [0, 0.1) is 5.92 Å². The zero-order chi connectivity index (χ0) is 12.3. The van der Waals surface area contributed by atoms with Crippen LogP contribution >= 0.6 is 0 Å². The Morgan fingerprint density at radius 2 is 2.00 bits per heavy atom. The lowest BCUT2D eigenvalue weighted by molar-refractivity contribution is -0.138. The second kappa shape index (κ2) is 5.14. The van der Waals surface area contributed by atoms with E-state index in [-0.39, 0.29) is 18.1 Å². The van der Waals surface area contributed by atoms with Gasteiger partial charge in [-0.15, -0.1) is 0 Å². The van der Waals surface area contributed by atoms with Gasteiger partial charge in [-0.3, -0.25) is 4.79 Å². The Kier molecular flexibility index (Phi) is 4.32. The van der Waals surface area contributed by atoms with E-state index in [9.17, 15) is 13.2 Å². The standard InChI is InChI=1S/C10H19NO4S/c1-8(2)9(7-10(12)13)11-5-3-4-6-16(11,14)15/h8-9H,3-7H2,1-2H3,(H,12,13). The molecule has 0 amide bonds. The second-order valence-electron chi connectivity index (χ2n) is 4.54. The van der Waals surface area contributed by atoms with Crippen molar-refractivity contribution in [1.82, 2.24) is 4.31 Å². The maximum Gasteiger partial charge on any atom is 0.304 e. The van der Waals surface area contributed by atoms with Gasteiger partial charge in [0.15, 0.2) is 0 Å². The highest BCUT2D eigenvalue weighted by molar-refractivity contribution is 7.89. The summed E-state index contributed by atoms with van der Waals surface area (Å²) in [6.07, 6.45) is 1.38. The quantitative estimate of drug-likeness (QED) is 0.803. The molecule has 1 aliphatic rings. The van der Waals surface area contributed by atoms with Gasteiger partial charge >= 0.3 is 5.97 Å². The third-order valence-electron chi connectivity index (χ3n) is 2.91. The van der Waals surface area contributed by atoms with Crippen molar-refractivity contribution < 1.29 is 18.3 Å². The summed E-state index contributed by atoms with van der Waals surface area (Å²) in [6.45, 7) is 4.17. The number of hydrogen-bond donors (Lipinski definition) is 1. The molecule has 0 spiro atoms. The normalized spacial score (nSPS) is 23.2. The molecule has 0 aromatic carbocycles. The largest absolute Gasteiger partial charge is 0.481 e. The summed E-state index contributed by atoms with van der Waals surface area (Å²) in [5.74, 6) is -0.779. The maximum atomic E-state index is 11.8. The number of carbonyl (C=O) groups is 1. The van der Waals surface area contributed by atoms with Crippen LogP contribution < -0.4 is 0 Å². The lowest BCUT2D eigenvalue weighted by Gasteiger charge is -2.35. The van der Waals surface area contributed by atoms with Crippen LogP contribution in [0.4, 0.5) is 0 Å². The van der Waals surface area contributed by atoms with Crippen LogP contribution in [0.15, 0.2) is 0 Å². The molecule has 0 bridgehead atoms. The Balaban J connectivity index is 2.88. The fourth-order valence-electron chi connectivity index (χ4n) is 2.03. The summed E-state index contributed by atoms with van der Waals surface area (Å²) in [4.78, 5) is 10.7. The van der Waals surface area contributed by atoms with Gasteiger partial charge in [-0.2, -0.15) is 4.31 Å². The fourth-order valence-corrected chi connectivity index (χ4v) is 3.97. The topological polar surface area (TPSA) is 74.7 Å². The molecule has 6 heteroatoms. The summed E-state index contributed by atoms with van der Waals surface area (Å²) < 4.78 is 25.1. The average molecular weight is 249 g/mol. The van der Waals surface area contributed by atoms with Crippen molar-refractivity contribution >= 4 is 16.0 Å². The van der Waals surface area contributed by atoms with E-state index in [0.29, 0.717) is 13.0 Å². The van der Waals surface area contributed by atoms with Gasteiger partial charge in [-0.25, -0.2) is 8.42 Å². The highest BCUT2D eigenvalue weighted by Gasteiger charge is 2.34. The molecule has 1 unspecified atom stereocenters. The monoisotopic (exact) mass is 249 g/mol. The third-order valence-corrected chi connectivity index (χ3v) is 4.88. The number of carboxylic acid groups (broad SMARTS) is 1. The molecule has 1 aliphatic heterocycles. The van der Waals surface area contributed by atoms with Gasteiger partial charge in [0, 0.05) is 12.6 Å². The molecule has 1 atom stereocenters. The van der Waals surface area contributed by atoms with Crippen molar-refractivity contribution in [3.63, 3.8) is 0 Å².